The summed E-state index contributed by atoms with van der Waals surface area (Å²) in [6, 6.07) is 0. The second-order valence-corrected chi connectivity index (χ2v) is 19.1. The molecule has 4 aliphatic rings. The number of rotatable bonds is 6. The van der Waals surface area contributed by atoms with Crippen molar-refractivity contribution < 1.29 is 19.1 Å². The fraction of sp³-hybridized carbons (Fsp3) is 0.964. The minimum Gasteiger partial charge on any atom is -0.413 e. The molecule has 0 amide bonds. The van der Waals surface area contributed by atoms with Crippen LogP contribution in [0.2, 0.25) is 16.6 Å². The highest BCUT2D eigenvalue weighted by Gasteiger charge is 2.76. The largest absolute Gasteiger partial charge is 0.413 e. The van der Waals surface area contributed by atoms with E-state index in [9.17, 15) is 9.90 Å². The molecule has 0 aromatic carbocycles. The molecule has 5 heteroatoms. The lowest BCUT2D eigenvalue weighted by Gasteiger charge is -2.50. The normalized spacial score (nSPS) is 44.6. The van der Waals surface area contributed by atoms with E-state index in [2.05, 4.69) is 62.3 Å². The van der Waals surface area contributed by atoms with Crippen molar-refractivity contribution in [1.29, 1.82) is 0 Å². The first kappa shape index (κ1) is 25.8. The predicted octanol–water partition coefficient (Wildman–Crippen LogP) is 6.36. The molecule has 33 heavy (non-hydrogen) atoms. The molecule has 2 bridgehead atoms. The van der Waals surface area contributed by atoms with E-state index in [-0.39, 0.29) is 23.4 Å². The Morgan fingerprint density at radius 3 is 2.12 bits per heavy atom. The van der Waals surface area contributed by atoms with E-state index in [0.717, 1.165) is 25.7 Å². The third kappa shape index (κ3) is 3.20. The molecule has 0 aliphatic heterocycles. The molecule has 0 radical (unpaired) electrons. The number of hydrogen-bond acceptors (Lipinski definition) is 4. The quantitative estimate of drug-likeness (QED) is 0.451. The molecular weight excluding hydrogens is 428 g/mol. The topological polar surface area (TPSA) is 55.8 Å². The van der Waals surface area contributed by atoms with Gasteiger partial charge in [-0.1, -0.05) is 62.3 Å². The van der Waals surface area contributed by atoms with E-state index >= 15 is 0 Å². The Morgan fingerprint density at radius 1 is 1.03 bits per heavy atom. The summed E-state index contributed by atoms with van der Waals surface area (Å²) in [4.78, 5) is 14.6. The number of ether oxygens (including phenoxy) is 1. The Labute approximate surface area is 203 Å². The molecule has 8 atom stereocenters. The third-order valence-electron chi connectivity index (χ3n) is 11.3. The number of methoxy groups -OCH3 is 1. The first-order valence-corrected chi connectivity index (χ1v) is 15.8. The fourth-order valence-corrected chi connectivity index (χ4v) is 15.6. The zero-order chi connectivity index (χ0) is 24.7. The van der Waals surface area contributed by atoms with Gasteiger partial charge in [0.25, 0.3) is 0 Å². The van der Waals surface area contributed by atoms with Gasteiger partial charge >= 0.3 is 0 Å². The van der Waals surface area contributed by atoms with Crippen molar-refractivity contribution in [2.24, 2.45) is 34.5 Å². The maximum atomic E-state index is 14.6. The first-order chi connectivity index (χ1) is 15.2. The first-order valence-electron chi connectivity index (χ1n) is 13.7. The Hall–Kier alpha value is -0.233. The second-order valence-electron chi connectivity index (χ2n) is 13.7. The van der Waals surface area contributed by atoms with E-state index in [4.69, 9.17) is 9.16 Å². The average Bonchev–Trinajstić information content (AvgIpc) is 3.17. The highest BCUT2D eigenvalue weighted by molar-refractivity contribution is 6.77. The van der Waals surface area contributed by atoms with Crippen LogP contribution in [-0.2, 0) is 14.0 Å². The number of fused-ring (bicyclic) bond motifs is 3. The minimum absolute atomic E-state index is 0.0206. The minimum atomic E-state index is -2.12. The van der Waals surface area contributed by atoms with Gasteiger partial charge in [0.1, 0.15) is 5.78 Å². The van der Waals surface area contributed by atoms with E-state index in [1.165, 1.54) is 0 Å². The summed E-state index contributed by atoms with van der Waals surface area (Å²) < 4.78 is 13.8. The van der Waals surface area contributed by atoms with Crippen molar-refractivity contribution >= 4 is 14.1 Å². The highest BCUT2D eigenvalue weighted by Crippen LogP contribution is 2.73. The van der Waals surface area contributed by atoms with Crippen LogP contribution in [0.1, 0.15) is 94.4 Å². The molecule has 0 aromatic heterocycles. The number of aliphatic hydroxyl groups is 1. The van der Waals surface area contributed by atoms with Gasteiger partial charge in [0.2, 0.25) is 8.32 Å². The maximum Gasteiger partial charge on any atom is 0.200 e. The van der Waals surface area contributed by atoms with Gasteiger partial charge in [-0.3, -0.25) is 4.79 Å². The molecule has 0 heterocycles. The van der Waals surface area contributed by atoms with Gasteiger partial charge in [-0.25, -0.2) is 0 Å². The molecule has 1 spiro atoms. The van der Waals surface area contributed by atoms with Crippen molar-refractivity contribution in [3.05, 3.63) is 0 Å². The lowest BCUT2D eigenvalue weighted by atomic mass is 9.59. The summed E-state index contributed by atoms with van der Waals surface area (Å²) in [5.41, 5.74) is 0.311. The van der Waals surface area contributed by atoms with E-state index < -0.39 is 25.4 Å². The van der Waals surface area contributed by atoms with Gasteiger partial charge in [-0.15, -0.1) is 0 Å². The summed E-state index contributed by atoms with van der Waals surface area (Å²) in [5.74, 6) is 1.37. The molecule has 4 fully saturated rings. The number of carbonyl (C=O) groups excluding carboxylic acids is 1. The smallest absolute Gasteiger partial charge is 0.200 e. The van der Waals surface area contributed by atoms with Crippen LogP contribution in [0.25, 0.3) is 0 Å². The van der Waals surface area contributed by atoms with Gasteiger partial charge in [-0.05, 0) is 65.5 Å². The fourth-order valence-electron chi connectivity index (χ4n) is 9.99. The SMILES string of the molecule is CO[C@@]12CC[C@H](O)[C@@]13C(=O)[C@@H](C[C@H](O[Si](C(C)C)(C(C)C)C(C)C)C2)[C@H]1[C@@H](C[C@H]3C)C1(C)C. The standard InChI is InChI=1S/C28H50O4Si/c1-16(2)33(17(3)4,18(5)6)32-20-14-21-24-22(26(24,8)9)13-19(7)28(25(21)30)23(29)11-12-27(28,15-20)31-10/h16-24,29H,11-15H2,1-10H3/t19-,20+,21+,22-,23+,24+,27-,28+/m1/s1. The molecule has 1 N–H and O–H groups in total. The van der Waals surface area contributed by atoms with Crippen molar-refractivity contribution in [1.82, 2.24) is 0 Å². The number of ketones is 1. The number of Topliss-reactive ketones (excluding diaryl/α,β-unsaturated/α-hetero) is 1. The van der Waals surface area contributed by atoms with Gasteiger partial charge in [0.05, 0.1) is 17.1 Å². The van der Waals surface area contributed by atoms with Crippen LogP contribution < -0.4 is 0 Å². The van der Waals surface area contributed by atoms with E-state index in [1.807, 2.05) is 0 Å². The van der Waals surface area contributed by atoms with Crippen molar-refractivity contribution in [2.45, 2.75) is 129 Å². The summed E-state index contributed by atoms with van der Waals surface area (Å²) in [7, 11) is -0.333. The van der Waals surface area contributed by atoms with Crippen LogP contribution >= 0.6 is 0 Å². The lowest BCUT2D eigenvalue weighted by Crippen LogP contribution is -2.60. The van der Waals surface area contributed by atoms with Gasteiger partial charge in [0.15, 0.2) is 0 Å². The summed E-state index contributed by atoms with van der Waals surface area (Å²) in [6.07, 6.45) is 3.39. The zero-order valence-corrected chi connectivity index (χ0v) is 23.9. The van der Waals surface area contributed by atoms with Crippen LogP contribution in [-0.4, -0.2) is 44.1 Å². The summed E-state index contributed by atoms with van der Waals surface area (Å²) >= 11 is 0. The number of aliphatic hydroxyl groups excluding tert-OH is 1. The summed E-state index contributed by atoms with van der Waals surface area (Å²) in [6.45, 7) is 21.0. The van der Waals surface area contributed by atoms with E-state index in [1.54, 1.807) is 7.11 Å². The van der Waals surface area contributed by atoms with Gasteiger partial charge < -0.3 is 14.3 Å². The monoisotopic (exact) mass is 478 g/mol. The Bertz CT molecular complexity index is 754. The number of hydrogen-bond donors (Lipinski definition) is 1. The van der Waals surface area contributed by atoms with Crippen LogP contribution in [0.3, 0.4) is 0 Å². The van der Waals surface area contributed by atoms with Crippen molar-refractivity contribution in [3.8, 4) is 0 Å². The molecule has 4 saturated carbocycles. The Kier molecular flexibility index (Phi) is 6.38. The molecular formula is C28H50O4Si. The molecule has 0 unspecified atom stereocenters. The van der Waals surface area contributed by atoms with Crippen molar-refractivity contribution in [2.75, 3.05) is 7.11 Å². The Morgan fingerprint density at radius 2 is 1.61 bits per heavy atom. The lowest BCUT2D eigenvalue weighted by molar-refractivity contribution is -0.178. The van der Waals surface area contributed by atoms with Gasteiger partial charge in [-0.2, -0.15) is 0 Å². The van der Waals surface area contributed by atoms with E-state index in [0.29, 0.717) is 40.7 Å². The molecule has 190 valence electrons. The molecule has 0 aromatic rings. The zero-order valence-electron chi connectivity index (χ0n) is 22.9. The summed E-state index contributed by atoms with van der Waals surface area (Å²) in [5, 5.41) is 11.5. The molecule has 0 saturated heterocycles. The van der Waals surface area contributed by atoms with Crippen molar-refractivity contribution in [3.63, 3.8) is 0 Å². The second kappa shape index (κ2) is 8.14. The van der Waals surface area contributed by atoms with Gasteiger partial charge in [0, 0.05) is 25.6 Å². The Balaban J connectivity index is 1.84. The predicted molar refractivity (Wildman–Crippen MR) is 136 cm³/mol. The van der Waals surface area contributed by atoms with Crippen LogP contribution in [0.15, 0.2) is 0 Å². The third-order valence-corrected chi connectivity index (χ3v) is 17.5. The maximum absolute atomic E-state index is 14.6. The van der Waals surface area contributed by atoms with Crippen LogP contribution in [0.5, 0.6) is 0 Å². The van der Waals surface area contributed by atoms with Crippen LogP contribution in [0.4, 0.5) is 0 Å². The molecule has 4 nitrogen and oxygen atoms in total. The molecule has 4 aliphatic carbocycles. The number of carbonyl (C=O) groups is 1. The average molecular weight is 479 g/mol. The van der Waals surface area contributed by atoms with Crippen LogP contribution in [0, 0.1) is 34.5 Å². The molecule has 4 rings (SSSR count). The highest BCUT2D eigenvalue weighted by atomic mass is 28.4.